The fourth-order valence-corrected chi connectivity index (χ4v) is 1.78. The molecular formula is C9H5BrO4. The van der Waals surface area contributed by atoms with E-state index in [1.54, 1.807) is 6.07 Å². The van der Waals surface area contributed by atoms with Gasteiger partial charge in [0.05, 0.1) is 6.26 Å². The topological polar surface area (TPSA) is 70.7 Å². The van der Waals surface area contributed by atoms with Crippen molar-refractivity contribution < 1.29 is 19.4 Å². The van der Waals surface area contributed by atoms with Gasteiger partial charge >= 0.3 is 5.97 Å². The zero-order valence-corrected chi connectivity index (χ0v) is 8.41. The van der Waals surface area contributed by atoms with Crippen molar-refractivity contribution in [2.75, 3.05) is 0 Å². The summed E-state index contributed by atoms with van der Waals surface area (Å²) in [5.74, 6) is -1.54. The summed E-state index contributed by atoms with van der Waals surface area (Å²) in [5.41, 5.74) is -0.00361. The van der Waals surface area contributed by atoms with Gasteiger partial charge in [0, 0.05) is 9.86 Å². The number of carboxylic acid groups (broad SMARTS) is 1. The van der Waals surface area contributed by atoms with E-state index in [-0.39, 0.29) is 16.9 Å². The molecule has 0 radical (unpaired) electrons. The minimum Gasteiger partial charge on any atom is -0.504 e. The fraction of sp³-hybridized carbons (Fsp3) is 0. The summed E-state index contributed by atoms with van der Waals surface area (Å²) in [4.78, 5) is 10.7. The third-order valence-electron chi connectivity index (χ3n) is 1.89. The maximum Gasteiger partial charge on any atom is 0.339 e. The van der Waals surface area contributed by atoms with Crippen LogP contribution >= 0.6 is 15.9 Å². The van der Waals surface area contributed by atoms with Crippen molar-refractivity contribution in [2.45, 2.75) is 0 Å². The SMILES string of the molecule is O=C(O)c1cc(Br)c2ccoc2c1O. The summed E-state index contributed by atoms with van der Waals surface area (Å²) in [7, 11) is 0. The standard InChI is InChI=1S/C9H5BrO4/c10-6-3-5(9(12)13)7(11)8-4(6)1-2-14-8/h1-3,11H,(H,12,13). The molecule has 4 nitrogen and oxygen atoms in total. The van der Waals surface area contributed by atoms with Gasteiger partial charge in [0.15, 0.2) is 11.3 Å². The van der Waals surface area contributed by atoms with Gasteiger partial charge in [0.2, 0.25) is 0 Å². The van der Waals surface area contributed by atoms with E-state index in [0.29, 0.717) is 9.86 Å². The number of halogens is 1. The van der Waals surface area contributed by atoms with Crippen molar-refractivity contribution in [3.8, 4) is 5.75 Å². The number of furan rings is 1. The van der Waals surface area contributed by atoms with Crippen molar-refractivity contribution in [3.05, 3.63) is 28.4 Å². The quantitative estimate of drug-likeness (QED) is 0.823. The van der Waals surface area contributed by atoms with E-state index >= 15 is 0 Å². The molecule has 1 aromatic carbocycles. The lowest BCUT2D eigenvalue weighted by atomic mass is 10.1. The van der Waals surface area contributed by atoms with Crippen LogP contribution in [0.5, 0.6) is 5.75 Å². The van der Waals surface area contributed by atoms with E-state index < -0.39 is 5.97 Å². The summed E-state index contributed by atoms with van der Waals surface area (Å²) in [6, 6.07) is 2.99. The third kappa shape index (κ3) is 1.17. The Labute approximate surface area is 86.9 Å². The number of fused-ring (bicyclic) bond motifs is 1. The molecule has 0 fully saturated rings. The van der Waals surface area contributed by atoms with Crippen LogP contribution in [0.4, 0.5) is 0 Å². The molecule has 1 heterocycles. The van der Waals surface area contributed by atoms with Crippen molar-refractivity contribution in [1.29, 1.82) is 0 Å². The molecule has 1 aromatic heterocycles. The number of hydrogen-bond donors (Lipinski definition) is 2. The van der Waals surface area contributed by atoms with Gasteiger partial charge in [0.25, 0.3) is 0 Å². The van der Waals surface area contributed by atoms with E-state index in [4.69, 9.17) is 9.52 Å². The van der Waals surface area contributed by atoms with Crippen LogP contribution in [0.2, 0.25) is 0 Å². The molecule has 2 rings (SSSR count). The van der Waals surface area contributed by atoms with Crippen LogP contribution < -0.4 is 0 Å². The maximum atomic E-state index is 10.7. The molecule has 5 heteroatoms. The predicted molar refractivity (Wildman–Crippen MR) is 52.5 cm³/mol. The van der Waals surface area contributed by atoms with Crippen LogP contribution in [0.3, 0.4) is 0 Å². The Balaban J connectivity index is 2.88. The van der Waals surface area contributed by atoms with Gasteiger partial charge in [0.1, 0.15) is 5.56 Å². The summed E-state index contributed by atoms with van der Waals surface area (Å²) >= 11 is 3.19. The van der Waals surface area contributed by atoms with E-state index in [9.17, 15) is 9.90 Å². The van der Waals surface area contributed by atoms with E-state index in [1.165, 1.54) is 12.3 Å². The molecule has 0 aliphatic heterocycles. The number of rotatable bonds is 1. The third-order valence-corrected chi connectivity index (χ3v) is 2.55. The zero-order chi connectivity index (χ0) is 10.3. The smallest absolute Gasteiger partial charge is 0.339 e. The van der Waals surface area contributed by atoms with Crippen LogP contribution in [0.15, 0.2) is 27.3 Å². The maximum absolute atomic E-state index is 10.7. The van der Waals surface area contributed by atoms with Gasteiger partial charge in [-0.3, -0.25) is 0 Å². The number of hydrogen-bond acceptors (Lipinski definition) is 3. The molecule has 0 saturated carbocycles. The second kappa shape index (κ2) is 3.02. The van der Waals surface area contributed by atoms with E-state index in [2.05, 4.69) is 15.9 Å². The van der Waals surface area contributed by atoms with Crippen molar-refractivity contribution >= 4 is 32.9 Å². The Morgan fingerprint density at radius 2 is 2.21 bits per heavy atom. The Hall–Kier alpha value is -1.49. The van der Waals surface area contributed by atoms with Crippen molar-refractivity contribution in [2.24, 2.45) is 0 Å². The monoisotopic (exact) mass is 256 g/mol. The lowest BCUT2D eigenvalue weighted by molar-refractivity contribution is 0.0693. The second-order valence-corrected chi connectivity index (χ2v) is 3.58. The second-order valence-electron chi connectivity index (χ2n) is 2.72. The minimum atomic E-state index is -1.19. The first kappa shape index (κ1) is 9.08. The zero-order valence-electron chi connectivity index (χ0n) is 6.82. The largest absolute Gasteiger partial charge is 0.504 e. The van der Waals surface area contributed by atoms with Crippen LogP contribution in [0, 0.1) is 0 Å². The highest BCUT2D eigenvalue weighted by Gasteiger charge is 2.17. The summed E-state index contributed by atoms with van der Waals surface area (Å²) < 4.78 is 5.56. The Kier molecular flexibility index (Phi) is 1.96. The van der Waals surface area contributed by atoms with Gasteiger partial charge in [-0.2, -0.15) is 0 Å². The number of aromatic carboxylic acids is 1. The number of carbonyl (C=O) groups is 1. The fourth-order valence-electron chi connectivity index (χ4n) is 1.24. The average Bonchev–Trinajstić information content (AvgIpc) is 2.59. The van der Waals surface area contributed by atoms with Gasteiger partial charge in [-0.15, -0.1) is 0 Å². The average molecular weight is 257 g/mol. The van der Waals surface area contributed by atoms with Crippen molar-refractivity contribution in [3.63, 3.8) is 0 Å². The Bertz CT molecular complexity index is 515. The van der Waals surface area contributed by atoms with Crippen LogP contribution in [-0.4, -0.2) is 16.2 Å². The summed E-state index contributed by atoms with van der Waals surface area (Å²) in [6.45, 7) is 0. The molecule has 0 unspecified atom stereocenters. The molecule has 0 aliphatic rings. The first-order valence-corrected chi connectivity index (χ1v) is 4.52. The molecule has 0 amide bonds. The molecule has 0 spiro atoms. The lowest BCUT2D eigenvalue weighted by Crippen LogP contribution is -1.96. The number of carboxylic acids is 1. The van der Waals surface area contributed by atoms with E-state index in [0.717, 1.165) is 0 Å². The summed E-state index contributed by atoms with van der Waals surface area (Å²) in [5, 5.41) is 18.9. The van der Waals surface area contributed by atoms with Gasteiger partial charge < -0.3 is 14.6 Å². The highest BCUT2D eigenvalue weighted by atomic mass is 79.9. The normalized spacial score (nSPS) is 10.6. The molecule has 72 valence electrons. The molecule has 14 heavy (non-hydrogen) atoms. The first-order valence-electron chi connectivity index (χ1n) is 3.73. The molecule has 0 saturated heterocycles. The number of aromatic hydroxyl groups is 1. The number of phenols is 1. The Morgan fingerprint density at radius 1 is 1.50 bits per heavy atom. The molecular weight excluding hydrogens is 252 g/mol. The molecule has 0 atom stereocenters. The van der Waals surface area contributed by atoms with E-state index in [1.807, 2.05) is 0 Å². The van der Waals surface area contributed by atoms with Crippen LogP contribution in [-0.2, 0) is 0 Å². The van der Waals surface area contributed by atoms with Gasteiger partial charge in [-0.05, 0) is 12.1 Å². The van der Waals surface area contributed by atoms with Crippen LogP contribution in [0.1, 0.15) is 10.4 Å². The summed E-state index contributed by atoms with van der Waals surface area (Å²) in [6.07, 6.45) is 1.39. The molecule has 0 aliphatic carbocycles. The molecule has 2 N–H and O–H groups in total. The Morgan fingerprint density at radius 3 is 2.86 bits per heavy atom. The van der Waals surface area contributed by atoms with Gasteiger partial charge in [-0.1, -0.05) is 15.9 Å². The van der Waals surface area contributed by atoms with Crippen molar-refractivity contribution in [1.82, 2.24) is 0 Å². The molecule has 2 aromatic rings. The highest BCUT2D eigenvalue weighted by molar-refractivity contribution is 9.10. The molecule has 0 bridgehead atoms. The first-order chi connectivity index (χ1) is 6.61. The number of benzene rings is 1. The van der Waals surface area contributed by atoms with Gasteiger partial charge in [-0.25, -0.2) is 4.79 Å². The predicted octanol–water partition coefficient (Wildman–Crippen LogP) is 2.60. The van der Waals surface area contributed by atoms with Crippen LogP contribution in [0.25, 0.3) is 11.0 Å². The highest BCUT2D eigenvalue weighted by Crippen LogP contribution is 2.35. The lowest BCUT2D eigenvalue weighted by Gasteiger charge is -2.01. The minimum absolute atomic E-state index is 0.178.